The monoisotopic (exact) mass is 409 g/mol. The number of halogens is 1. The quantitative estimate of drug-likeness (QED) is 0.810. The first-order valence-electron chi connectivity index (χ1n) is 11.3. The summed E-state index contributed by atoms with van der Waals surface area (Å²) >= 11 is 0. The Bertz CT molecular complexity index is 913. The molecule has 0 spiro atoms. The van der Waals surface area contributed by atoms with Gasteiger partial charge in [-0.15, -0.1) is 0 Å². The highest BCUT2D eigenvalue weighted by atomic mass is 19.1. The fraction of sp³-hybridized carbons (Fsp3) is 0.520. The SMILES string of the molecule is CN1CCN2c3c(cccc31)[C@@H]1CN(CCCC(C)(O)c3ccc(F)cc3)CC[C@@H]12. The molecule has 1 saturated heterocycles. The van der Waals surface area contributed by atoms with Crippen molar-refractivity contribution in [3.63, 3.8) is 0 Å². The Morgan fingerprint density at radius 1 is 1.10 bits per heavy atom. The van der Waals surface area contributed by atoms with Crippen LogP contribution in [0.4, 0.5) is 15.8 Å². The van der Waals surface area contributed by atoms with E-state index < -0.39 is 5.60 Å². The number of hydrogen-bond donors (Lipinski definition) is 1. The number of fused-ring (bicyclic) bond motifs is 3. The van der Waals surface area contributed by atoms with Crippen LogP contribution in [-0.2, 0) is 5.60 Å². The molecule has 160 valence electrons. The molecule has 0 bridgehead atoms. The largest absolute Gasteiger partial charge is 0.385 e. The van der Waals surface area contributed by atoms with Gasteiger partial charge in [0.05, 0.1) is 17.0 Å². The Labute approximate surface area is 178 Å². The molecule has 0 aliphatic carbocycles. The maximum atomic E-state index is 13.2. The Kier molecular flexibility index (Phi) is 4.98. The summed E-state index contributed by atoms with van der Waals surface area (Å²) in [5.41, 5.74) is 4.25. The van der Waals surface area contributed by atoms with Gasteiger partial charge in [0.2, 0.25) is 0 Å². The highest BCUT2D eigenvalue weighted by Crippen LogP contribution is 2.50. The van der Waals surface area contributed by atoms with Gasteiger partial charge in [0, 0.05) is 45.2 Å². The highest BCUT2D eigenvalue weighted by Gasteiger charge is 2.44. The number of likely N-dealkylation sites (N-methyl/N-ethyl adjacent to an activating group) is 1. The molecule has 0 aromatic heterocycles. The van der Waals surface area contributed by atoms with Gasteiger partial charge in [0.25, 0.3) is 0 Å². The fourth-order valence-corrected chi connectivity index (χ4v) is 5.78. The third kappa shape index (κ3) is 3.38. The number of hydrogen-bond acceptors (Lipinski definition) is 4. The summed E-state index contributed by atoms with van der Waals surface area (Å²) in [6.45, 7) is 7.28. The Morgan fingerprint density at radius 2 is 1.90 bits per heavy atom. The number of benzene rings is 2. The van der Waals surface area contributed by atoms with E-state index in [9.17, 15) is 9.50 Å². The molecule has 3 atom stereocenters. The van der Waals surface area contributed by atoms with Crippen LogP contribution >= 0.6 is 0 Å². The van der Waals surface area contributed by atoms with E-state index >= 15 is 0 Å². The van der Waals surface area contributed by atoms with Crippen molar-refractivity contribution < 1.29 is 9.50 Å². The molecular weight excluding hydrogens is 377 g/mol. The molecule has 30 heavy (non-hydrogen) atoms. The standard InChI is InChI=1S/C25H32FN3O/c1-25(30,18-7-9-19(26)10-8-18)12-4-13-28-14-11-22-21(17-28)20-5-3-6-23-24(20)29(22)16-15-27(23)2/h3,5-10,21-22,30H,4,11-17H2,1-2H3/t21-,22-,25?/m0/s1. The van der Waals surface area contributed by atoms with E-state index in [-0.39, 0.29) is 5.82 Å². The first-order valence-corrected chi connectivity index (χ1v) is 11.3. The van der Waals surface area contributed by atoms with Crippen molar-refractivity contribution in [2.24, 2.45) is 0 Å². The number of rotatable bonds is 5. The lowest BCUT2D eigenvalue weighted by atomic mass is 9.88. The molecule has 2 aromatic rings. The molecule has 5 heteroatoms. The second kappa shape index (κ2) is 7.54. The Balaban J connectivity index is 1.23. The van der Waals surface area contributed by atoms with E-state index in [0.29, 0.717) is 18.4 Å². The Hall–Kier alpha value is -2.11. The summed E-state index contributed by atoms with van der Waals surface area (Å²) in [7, 11) is 2.20. The van der Waals surface area contributed by atoms with Gasteiger partial charge in [-0.2, -0.15) is 0 Å². The maximum absolute atomic E-state index is 13.2. The summed E-state index contributed by atoms with van der Waals surface area (Å²) in [5.74, 6) is 0.319. The van der Waals surface area contributed by atoms with Gasteiger partial charge in [0.15, 0.2) is 0 Å². The fourth-order valence-electron chi connectivity index (χ4n) is 5.78. The van der Waals surface area contributed by atoms with E-state index in [0.717, 1.165) is 44.7 Å². The van der Waals surface area contributed by atoms with Crippen LogP contribution in [0, 0.1) is 5.82 Å². The first-order chi connectivity index (χ1) is 14.4. The number of piperidine rings is 1. The molecule has 0 amide bonds. The van der Waals surface area contributed by atoms with Crippen LogP contribution in [0.15, 0.2) is 42.5 Å². The zero-order chi connectivity index (χ0) is 20.9. The van der Waals surface area contributed by atoms with Gasteiger partial charge >= 0.3 is 0 Å². The van der Waals surface area contributed by atoms with Crippen LogP contribution in [0.25, 0.3) is 0 Å². The van der Waals surface area contributed by atoms with E-state index in [1.165, 1.54) is 35.5 Å². The van der Waals surface area contributed by atoms with E-state index in [1.807, 2.05) is 6.92 Å². The van der Waals surface area contributed by atoms with Crippen molar-refractivity contribution in [2.45, 2.75) is 43.7 Å². The molecule has 0 radical (unpaired) electrons. The average molecular weight is 410 g/mol. The van der Waals surface area contributed by atoms with Crippen LogP contribution in [0.2, 0.25) is 0 Å². The number of anilines is 2. The van der Waals surface area contributed by atoms with Crippen LogP contribution in [0.1, 0.15) is 43.2 Å². The lowest BCUT2D eigenvalue weighted by molar-refractivity contribution is 0.0409. The zero-order valence-electron chi connectivity index (χ0n) is 18.0. The smallest absolute Gasteiger partial charge is 0.123 e. The Morgan fingerprint density at radius 3 is 2.70 bits per heavy atom. The molecule has 5 rings (SSSR count). The first kappa shape index (κ1) is 19.8. The molecular formula is C25H32FN3O. The molecule has 1 N–H and O–H groups in total. The van der Waals surface area contributed by atoms with Crippen molar-refractivity contribution in [1.82, 2.24) is 4.90 Å². The summed E-state index contributed by atoms with van der Waals surface area (Å²) in [6.07, 6.45) is 2.82. The van der Waals surface area contributed by atoms with Crippen molar-refractivity contribution in [1.29, 1.82) is 0 Å². The number of aliphatic hydroxyl groups is 1. The predicted molar refractivity (Wildman–Crippen MR) is 120 cm³/mol. The number of likely N-dealkylation sites (tertiary alicyclic amines) is 1. The lowest BCUT2D eigenvalue weighted by Gasteiger charge is -2.41. The highest BCUT2D eigenvalue weighted by molar-refractivity contribution is 5.80. The second-order valence-electron chi connectivity index (χ2n) is 9.48. The van der Waals surface area contributed by atoms with Crippen LogP contribution < -0.4 is 9.80 Å². The van der Waals surface area contributed by atoms with E-state index in [4.69, 9.17) is 0 Å². The van der Waals surface area contributed by atoms with Crippen LogP contribution in [-0.4, -0.2) is 55.8 Å². The summed E-state index contributed by atoms with van der Waals surface area (Å²) in [6, 6.07) is 13.7. The topological polar surface area (TPSA) is 30.0 Å². The van der Waals surface area contributed by atoms with Gasteiger partial charge in [0.1, 0.15) is 5.82 Å². The van der Waals surface area contributed by atoms with Gasteiger partial charge in [-0.1, -0.05) is 24.3 Å². The number of para-hydroxylation sites is 1. The van der Waals surface area contributed by atoms with Gasteiger partial charge in [-0.05, 0) is 62.1 Å². The van der Waals surface area contributed by atoms with E-state index in [1.54, 1.807) is 12.1 Å². The van der Waals surface area contributed by atoms with Gasteiger partial charge in [-0.25, -0.2) is 4.39 Å². The minimum Gasteiger partial charge on any atom is -0.385 e. The normalized spacial score (nSPS) is 25.1. The third-order valence-electron chi connectivity index (χ3n) is 7.49. The van der Waals surface area contributed by atoms with Crippen molar-refractivity contribution >= 4 is 11.4 Å². The second-order valence-corrected chi connectivity index (χ2v) is 9.48. The third-order valence-corrected chi connectivity index (χ3v) is 7.49. The van der Waals surface area contributed by atoms with Gasteiger partial charge < -0.3 is 19.8 Å². The predicted octanol–water partition coefficient (Wildman–Crippen LogP) is 3.94. The van der Waals surface area contributed by atoms with E-state index in [2.05, 4.69) is 39.9 Å². The average Bonchev–Trinajstić information content (AvgIpc) is 3.05. The molecule has 2 aromatic carbocycles. The van der Waals surface area contributed by atoms with Crippen molar-refractivity contribution in [3.8, 4) is 0 Å². The van der Waals surface area contributed by atoms with Crippen LogP contribution in [0.3, 0.4) is 0 Å². The van der Waals surface area contributed by atoms with Gasteiger partial charge in [-0.3, -0.25) is 0 Å². The zero-order valence-corrected chi connectivity index (χ0v) is 18.0. The minimum absolute atomic E-state index is 0.262. The molecule has 4 nitrogen and oxygen atoms in total. The molecule has 1 fully saturated rings. The lowest BCUT2D eigenvalue weighted by Crippen LogP contribution is -2.49. The maximum Gasteiger partial charge on any atom is 0.123 e. The van der Waals surface area contributed by atoms with Crippen molar-refractivity contribution in [2.75, 3.05) is 49.6 Å². The molecule has 3 aliphatic rings. The van der Waals surface area contributed by atoms with Crippen molar-refractivity contribution in [3.05, 3.63) is 59.4 Å². The van der Waals surface area contributed by atoms with Crippen LogP contribution in [0.5, 0.6) is 0 Å². The molecule has 0 saturated carbocycles. The minimum atomic E-state index is -0.916. The summed E-state index contributed by atoms with van der Waals surface area (Å²) in [5, 5.41) is 10.9. The number of nitrogens with zero attached hydrogens (tertiary/aromatic N) is 3. The summed E-state index contributed by atoms with van der Waals surface area (Å²) in [4.78, 5) is 7.64. The molecule has 3 aliphatic heterocycles. The molecule has 1 unspecified atom stereocenters. The summed E-state index contributed by atoms with van der Waals surface area (Å²) < 4.78 is 13.2. The molecule has 3 heterocycles.